The van der Waals surface area contributed by atoms with E-state index >= 15 is 0 Å². The van der Waals surface area contributed by atoms with Crippen molar-refractivity contribution in [3.8, 4) is 0 Å². The zero-order valence-corrected chi connectivity index (χ0v) is 37.2. The first-order valence-electron chi connectivity index (χ1n) is 22.4. The van der Waals surface area contributed by atoms with Gasteiger partial charge in [0.05, 0.1) is 51.2 Å². The highest BCUT2D eigenvalue weighted by molar-refractivity contribution is 5.75. The molecule has 19 unspecified atom stereocenters. The number of hydrogen-bond donors (Lipinski definition) is 15. The first-order valence-corrected chi connectivity index (χ1v) is 22.4. The Hall–Kier alpha value is -4.19. The van der Waals surface area contributed by atoms with Crippen LogP contribution in [0.15, 0.2) is 72.8 Å². The van der Waals surface area contributed by atoms with E-state index in [9.17, 15) is 50.8 Å². The minimum Gasteiger partial charge on any atom is -0.399 e. The smallest absolute Gasteiger partial charge is 0.181 e. The number of hydrogen-bond acceptors (Lipinski definition) is 23. The zero-order chi connectivity index (χ0) is 48.8. The lowest BCUT2D eigenvalue weighted by Gasteiger charge is -2.50. The van der Waals surface area contributed by atoms with Gasteiger partial charge in [0, 0.05) is 46.5 Å². The molecule has 0 aliphatic carbocycles. The summed E-state index contributed by atoms with van der Waals surface area (Å²) < 4.78 is 42.0. The Morgan fingerprint density at radius 1 is 0.559 bits per heavy atom. The molecule has 4 aliphatic heterocycles. The number of Topliss-reactive ketones (excluding diaryl/α,β-unsaturated/α-hetero) is 1. The van der Waals surface area contributed by atoms with Crippen LogP contribution in [0.25, 0.3) is 0 Å². The third-order valence-corrected chi connectivity index (χ3v) is 12.6. The first kappa shape index (κ1) is 51.7. The standard InChI is InChI=1S/C45H64N6O17/c1-20(56)14-21-19-62-29(16-53)40(35(21)57)66-44-33(48)38(60)41(30(17-54)64-44)68-45-34(39(61)42(31(18-55)65-45)67-43-32(47)37(59)36(58)28(15-52)63-43)51-27-12-10-26(11-13-27)50-25-8-6-24(7-9-25)49-23-4-2-22(46)3-5-23/h2-13,21,28-45,49-55,57-61H,14-19,46-48H2,1H3. The van der Waals surface area contributed by atoms with Crippen molar-refractivity contribution < 1.29 is 83.9 Å². The fourth-order valence-corrected chi connectivity index (χ4v) is 8.75. The Kier molecular flexibility index (Phi) is 17.6. The highest BCUT2D eigenvalue weighted by atomic mass is 16.8. The number of nitrogens with two attached hydrogens (primary N) is 3. The average molecular weight is 961 g/mol. The van der Waals surface area contributed by atoms with Crippen molar-refractivity contribution in [1.82, 2.24) is 0 Å². The van der Waals surface area contributed by atoms with Crippen molar-refractivity contribution in [1.29, 1.82) is 0 Å². The molecule has 0 aromatic heterocycles. The number of benzene rings is 3. The van der Waals surface area contributed by atoms with Gasteiger partial charge in [-0.2, -0.15) is 0 Å². The molecule has 0 spiro atoms. The van der Waals surface area contributed by atoms with E-state index in [1.165, 1.54) is 6.92 Å². The van der Waals surface area contributed by atoms with Crippen LogP contribution >= 0.6 is 0 Å². The number of carbonyl (C=O) groups is 1. The summed E-state index contributed by atoms with van der Waals surface area (Å²) in [5.74, 6) is -0.885. The number of nitrogens with one attached hydrogen (secondary N) is 3. The number of carbonyl (C=O) groups excluding carboxylic acids is 1. The van der Waals surface area contributed by atoms with Gasteiger partial charge in [0.2, 0.25) is 0 Å². The fourth-order valence-electron chi connectivity index (χ4n) is 8.75. The second-order valence-corrected chi connectivity index (χ2v) is 17.5. The molecule has 3 aromatic rings. The van der Waals surface area contributed by atoms with Gasteiger partial charge in [0.15, 0.2) is 18.9 Å². The van der Waals surface area contributed by atoms with E-state index in [2.05, 4.69) is 16.0 Å². The normalized spacial score (nSPS) is 37.6. The zero-order valence-electron chi connectivity index (χ0n) is 37.2. The fraction of sp³-hybridized carbons (Fsp3) is 0.578. The summed E-state index contributed by atoms with van der Waals surface area (Å²) in [6, 6.07) is 17.7. The van der Waals surface area contributed by atoms with E-state index in [1.54, 1.807) is 36.4 Å². The molecular formula is C45H64N6O17. The largest absolute Gasteiger partial charge is 0.399 e. The van der Waals surface area contributed by atoms with Gasteiger partial charge >= 0.3 is 0 Å². The van der Waals surface area contributed by atoms with Crippen molar-refractivity contribution in [3.05, 3.63) is 72.8 Å². The summed E-state index contributed by atoms with van der Waals surface area (Å²) >= 11 is 0. The number of ether oxygens (including phenoxy) is 7. The molecule has 3 aromatic carbocycles. The van der Waals surface area contributed by atoms with E-state index in [4.69, 9.17) is 50.4 Å². The maximum absolute atomic E-state index is 12.1. The molecule has 23 heteroatoms. The van der Waals surface area contributed by atoms with Crippen LogP contribution in [0.4, 0.5) is 34.1 Å². The second-order valence-electron chi connectivity index (χ2n) is 17.5. The molecular weight excluding hydrogens is 897 g/mol. The number of rotatable bonds is 18. The molecule has 0 bridgehead atoms. The van der Waals surface area contributed by atoms with E-state index < -0.39 is 143 Å². The number of ketones is 1. The Bertz CT molecular complexity index is 2040. The summed E-state index contributed by atoms with van der Waals surface area (Å²) in [6.07, 6.45) is -21.8. The van der Waals surface area contributed by atoms with Gasteiger partial charge < -0.3 is 117 Å². The van der Waals surface area contributed by atoms with E-state index in [-0.39, 0.29) is 18.8 Å². The summed E-state index contributed by atoms with van der Waals surface area (Å²) in [6.45, 7) is -1.50. The molecule has 23 nitrogen and oxygen atoms in total. The molecule has 0 saturated carbocycles. The van der Waals surface area contributed by atoms with Gasteiger partial charge in [-0.05, 0) is 79.7 Å². The topological polar surface area (TPSA) is 378 Å². The van der Waals surface area contributed by atoms with Crippen molar-refractivity contribution in [2.24, 2.45) is 17.4 Å². The van der Waals surface area contributed by atoms with Crippen LogP contribution in [0.3, 0.4) is 0 Å². The highest BCUT2D eigenvalue weighted by Gasteiger charge is 2.54. The lowest BCUT2D eigenvalue weighted by molar-refractivity contribution is -0.354. The number of aliphatic hydroxyl groups is 9. The predicted octanol–water partition coefficient (Wildman–Crippen LogP) is -2.71. The van der Waals surface area contributed by atoms with Crippen LogP contribution in [-0.2, 0) is 38.0 Å². The van der Waals surface area contributed by atoms with E-state index in [0.717, 1.165) is 17.1 Å². The first-order chi connectivity index (χ1) is 32.6. The Labute approximate surface area is 391 Å². The van der Waals surface area contributed by atoms with Gasteiger partial charge in [0.1, 0.15) is 79.0 Å². The van der Waals surface area contributed by atoms with Crippen LogP contribution in [-0.4, -0.2) is 195 Å². The predicted molar refractivity (Wildman–Crippen MR) is 241 cm³/mol. The molecule has 68 heavy (non-hydrogen) atoms. The quantitative estimate of drug-likeness (QED) is 0.0576. The van der Waals surface area contributed by atoms with Crippen molar-refractivity contribution >= 4 is 39.9 Å². The molecule has 0 radical (unpaired) electrons. The third-order valence-electron chi connectivity index (χ3n) is 12.6. The third kappa shape index (κ3) is 11.9. The molecule has 18 N–H and O–H groups in total. The SMILES string of the molecule is CC(=O)CC1COC(CO)C(OC2OC(CO)C(OC3OC(CO)C(OC4OC(CO)C(O)C(O)C4N)C(O)C3Nc3ccc(Nc4ccc(Nc5ccc(N)cc5)cc4)cc3)C(O)C2N)C1O. The number of anilines is 6. The molecule has 19 atom stereocenters. The van der Waals surface area contributed by atoms with Crippen molar-refractivity contribution in [3.63, 3.8) is 0 Å². The van der Waals surface area contributed by atoms with Gasteiger partial charge in [-0.15, -0.1) is 0 Å². The monoisotopic (exact) mass is 960 g/mol. The molecule has 4 heterocycles. The summed E-state index contributed by atoms with van der Waals surface area (Å²) in [5, 5.41) is 107. The van der Waals surface area contributed by atoms with Gasteiger partial charge in [-0.3, -0.25) is 0 Å². The van der Waals surface area contributed by atoms with Gasteiger partial charge in [-0.1, -0.05) is 0 Å². The summed E-state index contributed by atoms with van der Waals surface area (Å²) in [7, 11) is 0. The molecule has 376 valence electrons. The van der Waals surface area contributed by atoms with Crippen LogP contribution in [0, 0.1) is 5.92 Å². The molecule has 0 amide bonds. The van der Waals surface area contributed by atoms with Crippen LogP contribution in [0.5, 0.6) is 0 Å². The number of nitrogen functional groups attached to an aromatic ring is 1. The molecule has 4 saturated heterocycles. The maximum atomic E-state index is 12.1. The lowest BCUT2D eigenvalue weighted by Crippen LogP contribution is -2.69. The Morgan fingerprint density at radius 3 is 1.47 bits per heavy atom. The average Bonchev–Trinajstić information content (AvgIpc) is 3.33. The minimum atomic E-state index is -1.68. The van der Waals surface area contributed by atoms with Gasteiger partial charge in [-0.25, -0.2) is 0 Å². The van der Waals surface area contributed by atoms with Crippen molar-refractivity contribution in [2.75, 3.05) is 54.7 Å². The highest BCUT2D eigenvalue weighted by Crippen LogP contribution is 2.35. The summed E-state index contributed by atoms with van der Waals surface area (Å²) in [4.78, 5) is 11.9. The van der Waals surface area contributed by atoms with E-state index in [1.807, 2.05) is 36.4 Å². The minimum absolute atomic E-state index is 0.0280. The Balaban J connectivity index is 1.09. The van der Waals surface area contributed by atoms with Crippen LogP contribution in [0.2, 0.25) is 0 Å². The maximum Gasteiger partial charge on any atom is 0.181 e. The van der Waals surface area contributed by atoms with Crippen molar-refractivity contribution in [2.45, 2.75) is 124 Å². The Morgan fingerprint density at radius 2 is 0.971 bits per heavy atom. The molecule has 4 aliphatic rings. The van der Waals surface area contributed by atoms with E-state index in [0.29, 0.717) is 17.1 Å². The van der Waals surface area contributed by atoms with Crippen LogP contribution < -0.4 is 33.2 Å². The van der Waals surface area contributed by atoms with Gasteiger partial charge in [0.25, 0.3) is 0 Å². The van der Waals surface area contributed by atoms with Crippen LogP contribution in [0.1, 0.15) is 13.3 Å². The summed E-state index contributed by atoms with van der Waals surface area (Å²) in [5.41, 5.74) is 22.7. The number of aliphatic hydroxyl groups excluding tert-OH is 9. The molecule has 7 rings (SSSR count). The lowest BCUT2D eigenvalue weighted by atomic mass is 9.88. The molecule has 4 fully saturated rings. The second kappa shape index (κ2) is 23.2.